The van der Waals surface area contributed by atoms with Crippen molar-refractivity contribution in [3.63, 3.8) is 0 Å². The zero-order chi connectivity index (χ0) is 13.7. The molecule has 1 aliphatic heterocycles. The highest BCUT2D eigenvalue weighted by atomic mass is 35.5. The van der Waals surface area contributed by atoms with Gasteiger partial charge in [0.05, 0.1) is 5.02 Å². The number of nitrogens with one attached hydrogen (secondary N) is 2. The average Bonchev–Trinajstić information content (AvgIpc) is 2.91. The molecule has 1 atom stereocenters. The molecule has 19 heavy (non-hydrogen) atoms. The molecule has 104 valence electrons. The highest BCUT2D eigenvalue weighted by Gasteiger charge is 2.15. The normalized spacial score (nSPS) is 18.3. The SMILES string of the molecule is O=C(COc1ccc(Cl)c(F)c1)NCC1CCNC1. The van der Waals surface area contributed by atoms with Crippen LogP contribution < -0.4 is 15.4 Å². The van der Waals surface area contributed by atoms with Gasteiger partial charge < -0.3 is 15.4 Å². The summed E-state index contributed by atoms with van der Waals surface area (Å²) in [5.41, 5.74) is 0. The molecular weight excluding hydrogens is 271 g/mol. The summed E-state index contributed by atoms with van der Waals surface area (Å²) in [4.78, 5) is 11.5. The Morgan fingerprint density at radius 2 is 2.42 bits per heavy atom. The number of halogens is 2. The van der Waals surface area contributed by atoms with Gasteiger partial charge in [-0.25, -0.2) is 4.39 Å². The van der Waals surface area contributed by atoms with Crippen LogP contribution in [0.2, 0.25) is 5.02 Å². The molecule has 0 saturated carbocycles. The third kappa shape index (κ3) is 4.36. The van der Waals surface area contributed by atoms with E-state index in [9.17, 15) is 9.18 Å². The minimum atomic E-state index is -0.559. The standard InChI is InChI=1S/C13H16ClFN2O2/c14-11-2-1-10(5-12(11)15)19-8-13(18)17-7-9-3-4-16-6-9/h1-2,5,9,16H,3-4,6-8H2,(H,17,18). The fraction of sp³-hybridized carbons (Fsp3) is 0.462. The predicted octanol–water partition coefficient (Wildman–Crippen LogP) is 1.58. The van der Waals surface area contributed by atoms with Crippen LogP contribution in [0.3, 0.4) is 0 Å². The highest BCUT2D eigenvalue weighted by Crippen LogP contribution is 2.20. The summed E-state index contributed by atoms with van der Waals surface area (Å²) in [6.07, 6.45) is 1.07. The van der Waals surface area contributed by atoms with Gasteiger partial charge in [-0.05, 0) is 37.6 Å². The average molecular weight is 287 g/mol. The number of ether oxygens (including phenoxy) is 1. The first-order valence-corrected chi connectivity index (χ1v) is 6.58. The van der Waals surface area contributed by atoms with Crippen molar-refractivity contribution in [2.45, 2.75) is 6.42 Å². The minimum absolute atomic E-state index is 0.0329. The molecule has 0 radical (unpaired) electrons. The molecule has 2 rings (SSSR count). The van der Waals surface area contributed by atoms with Gasteiger partial charge in [0.1, 0.15) is 11.6 Å². The van der Waals surface area contributed by atoms with E-state index in [4.69, 9.17) is 16.3 Å². The molecule has 0 spiro atoms. The number of rotatable bonds is 5. The van der Waals surface area contributed by atoms with Crippen LogP contribution in [0.25, 0.3) is 0 Å². The summed E-state index contributed by atoms with van der Waals surface area (Å²) < 4.78 is 18.3. The first-order chi connectivity index (χ1) is 9.15. The monoisotopic (exact) mass is 286 g/mol. The van der Waals surface area contributed by atoms with E-state index in [0.717, 1.165) is 25.6 Å². The Hall–Kier alpha value is -1.33. The zero-order valence-electron chi connectivity index (χ0n) is 10.4. The number of hydrogen-bond acceptors (Lipinski definition) is 3. The largest absolute Gasteiger partial charge is 0.484 e. The molecule has 4 nitrogen and oxygen atoms in total. The van der Waals surface area contributed by atoms with Crippen molar-refractivity contribution in [3.8, 4) is 5.75 Å². The van der Waals surface area contributed by atoms with E-state index in [0.29, 0.717) is 18.2 Å². The van der Waals surface area contributed by atoms with E-state index < -0.39 is 5.82 Å². The molecule has 1 amide bonds. The van der Waals surface area contributed by atoms with Crippen LogP contribution >= 0.6 is 11.6 Å². The molecule has 1 aromatic rings. The van der Waals surface area contributed by atoms with Crippen molar-refractivity contribution in [3.05, 3.63) is 29.0 Å². The maximum atomic E-state index is 13.1. The van der Waals surface area contributed by atoms with Gasteiger partial charge >= 0.3 is 0 Å². The quantitative estimate of drug-likeness (QED) is 0.864. The van der Waals surface area contributed by atoms with Crippen LogP contribution in [0, 0.1) is 11.7 Å². The number of carbonyl (C=O) groups excluding carboxylic acids is 1. The number of amides is 1. The topological polar surface area (TPSA) is 50.4 Å². The van der Waals surface area contributed by atoms with Gasteiger partial charge in [0.15, 0.2) is 6.61 Å². The second kappa shape index (κ2) is 6.73. The lowest BCUT2D eigenvalue weighted by molar-refractivity contribution is -0.123. The first kappa shape index (κ1) is 14.1. The second-order valence-electron chi connectivity index (χ2n) is 4.53. The summed E-state index contributed by atoms with van der Waals surface area (Å²) in [5.74, 6) is 0.00960. The number of carbonyl (C=O) groups is 1. The van der Waals surface area contributed by atoms with Crippen LogP contribution in [0.1, 0.15) is 6.42 Å². The Bertz CT molecular complexity index is 450. The van der Waals surface area contributed by atoms with E-state index in [1.54, 1.807) is 0 Å². The van der Waals surface area contributed by atoms with Crippen molar-refractivity contribution in [2.24, 2.45) is 5.92 Å². The molecule has 0 aromatic heterocycles. The third-order valence-electron chi connectivity index (χ3n) is 3.01. The molecule has 1 saturated heterocycles. The number of benzene rings is 1. The van der Waals surface area contributed by atoms with Crippen molar-refractivity contribution in [2.75, 3.05) is 26.2 Å². The lowest BCUT2D eigenvalue weighted by Gasteiger charge is -2.11. The molecule has 2 N–H and O–H groups in total. The van der Waals surface area contributed by atoms with Gasteiger partial charge in [-0.2, -0.15) is 0 Å². The lowest BCUT2D eigenvalue weighted by atomic mass is 10.1. The molecular formula is C13H16ClFN2O2. The van der Waals surface area contributed by atoms with Crippen molar-refractivity contribution >= 4 is 17.5 Å². The summed E-state index contributed by atoms with van der Waals surface area (Å²) in [6, 6.07) is 4.09. The minimum Gasteiger partial charge on any atom is -0.484 e. The van der Waals surface area contributed by atoms with Gasteiger partial charge in [0, 0.05) is 12.6 Å². The molecule has 0 bridgehead atoms. The summed E-state index contributed by atoms with van der Waals surface area (Å²) in [5, 5.41) is 6.06. The Morgan fingerprint density at radius 1 is 1.58 bits per heavy atom. The first-order valence-electron chi connectivity index (χ1n) is 6.20. The van der Waals surface area contributed by atoms with Crippen molar-refractivity contribution in [1.29, 1.82) is 0 Å². The maximum absolute atomic E-state index is 13.1. The molecule has 1 unspecified atom stereocenters. The molecule has 6 heteroatoms. The van der Waals surface area contributed by atoms with Gasteiger partial charge in [-0.15, -0.1) is 0 Å². The Morgan fingerprint density at radius 3 is 3.11 bits per heavy atom. The van der Waals surface area contributed by atoms with Gasteiger partial charge in [0.2, 0.25) is 0 Å². The van der Waals surface area contributed by atoms with Crippen molar-refractivity contribution in [1.82, 2.24) is 10.6 Å². The van der Waals surface area contributed by atoms with E-state index in [1.165, 1.54) is 12.1 Å². The van der Waals surface area contributed by atoms with Gasteiger partial charge in [0.25, 0.3) is 5.91 Å². The van der Waals surface area contributed by atoms with Crippen molar-refractivity contribution < 1.29 is 13.9 Å². The van der Waals surface area contributed by atoms with Crippen LogP contribution in [0.4, 0.5) is 4.39 Å². The molecule has 1 aliphatic rings. The zero-order valence-corrected chi connectivity index (χ0v) is 11.2. The third-order valence-corrected chi connectivity index (χ3v) is 3.32. The predicted molar refractivity (Wildman–Crippen MR) is 70.9 cm³/mol. The Labute approximate surface area is 116 Å². The van der Waals surface area contributed by atoms with Crippen LogP contribution in [0.5, 0.6) is 5.75 Å². The fourth-order valence-corrected chi connectivity index (χ4v) is 2.03. The summed E-state index contributed by atoms with van der Waals surface area (Å²) in [7, 11) is 0. The fourth-order valence-electron chi connectivity index (χ4n) is 1.91. The van der Waals surface area contributed by atoms with Crippen LogP contribution in [-0.4, -0.2) is 32.1 Å². The Balaban J connectivity index is 1.71. The second-order valence-corrected chi connectivity index (χ2v) is 4.93. The van der Waals surface area contributed by atoms with Gasteiger partial charge in [-0.3, -0.25) is 4.79 Å². The maximum Gasteiger partial charge on any atom is 0.257 e. The molecule has 1 heterocycles. The van der Waals surface area contributed by atoms with E-state index in [1.807, 2.05) is 0 Å². The van der Waals surface area contributed by atoms with Crippen LogP contribution in [-0.2, 0) is 4.79 Å². The smallest absolute Gasteiger partial charge is 0.257 e. The lowest BCUT2D eigenvalue weighted by Crippen LogP contribution is -2.33. The van der Waals surface area contributed by atoms with E-state index in [2.05, 4.69) is 10.6 Å². The molecule has 1 fully saturated rings. The molecule has 1 aromatic carbocycles. The molecule has 0 aliphatic carbocycles. The highest BCUT2D eigenvalue weighted by molar-refractivity contribution is 6.30. The Kier molecular flexibility index (Phi) is 4.99. The number of hydrogen-bond donors (Lipinski definition) is 2. The van der Waals surface area contributed by atoms with Gasteiger partial charge in [-0.1, -0.05) is 11.6 Å². The van der Waals surface area contributed by atoms with E-state index >= 15 is 0 Å². The van der Waals surface area contributed by atoms with E-state index in [-0.39, 0.29) is 17.5 Å². The van der Waals surface area contributed by atoms with Crippen LogP contribution in [0.15, 0.2) is 18.2 Å². The summed E-state index contributed by atoms with van der Waals surface area (Å²) in [6.45, 7) is 2.45. The summed E-state index contributed by atoms with van der Waals surface area (Å²) >= 11 is 5.55.